The molecule has 1 aliphatic heterocycles. The van der Waals surface area contributed by atoms with E-state index in [1.54, 1.807) is 23.5 Å². The predicted molar refractivity (Wildman–Crippen MR) is 178 cm³/mol. The van der Waals surface area contributed by atoms with E-state index >= 15 is 0 Å². The largest absolute Gasteiger partial charge is 0.744 e. The van der Waals surface area contributed by atoms with Crippen LogP contribution in [-0.4, -0.2) is 44.5 Å². The quantitative estimate of drug-likeness (QED) is 0.0508. The molecule has 10 heteroatoms. The number of aromatic nitrogens is 1. The summed E-state index contributed by atoms with van der Waals surface area (Å²) in [6.45, 7) is 5.79. The Bertz CT molecular complexity index is 1110. The lowest BCUT2D eigenvalue weighted by molar-refractivity contribution is -0.692. The zero-order valence-corrected chi connectivity index (χ0v) is 29.3. The fourth-order valence-electron chi connectivity index (χ4n) is 5.19. The van der Waals surface area contributed by atoms with Gasteiger partial charge in [-0.25, -0.2) is 8.42 Å². The third-order valence-corrected chi connectivity index (χ3v) is 9.44. The Labute approximate surface area is 276 Å². The Morgan fingerprint density at radius 3 is 2.02 bits per heavy atom. The normalized spacial score (nSPS) is 16.3. The third-order valence-electron chi connectivity index (χ3n) is 7.92. The van der Waals surface area contributed by atoms with Gasteiger partial charge in [0.2, 0.25) is 5.51 Å². The van der Waals surface area contributed by atoms with Crippen molar-refractivity contribution in [2.45, 2.75) is 153 Å². The van der Waals surface area contributed by atoms with Gasteiger partial charge < -0.3 is 18.8 Å². The molecule has 0 unspecified atom stereocenters. The Morgan fingerprint density at radius 2 is 1.49 bits per heavy atom. The molecule has 2 atom stereocenters. The van der Waals surface area contributed by atoms with E-state index in [-0.39, 0.29) is 23.3 Å². The molecule has 0 N–H and O–H groups in total. The number of hydrogen-bond donors (Lipinski definition) is 0. The number of esters is 1. The second kappa shape index (κ2) is 24.3. The van der Waals surface area contributed by atoms with Crippen molar-refractivity contribution in [3.63, 3.8) is 0 Å². The fraction of sp³-hybridized carbons (Fsp3) is 0.714. The first-order valence-electron chi connectivity index (χ1n) is 17.1. The van der Waals surface area contributed by atoms with Crippen molar-refractivity contribution in [1.29, 1.82) is 0 Å². The van der Waals surface area contributed by atoms with E-state index in [0.717, 1.165) is 31.4 Å². The van der Waals surface area contributed by atoms with Crippen molar-refractivity contribution in [1.82, 2.24) is 0 Å². The fourth-order valence-corrected chi connectivity index (χ4v) is 6.29. The molecule has 1 aliphatic rings. The number of rotatable bonds is 23. The minimum atomic E-state index is -4.27. The van der Waals surface area contributed by atoms with Gasteiger partial charge in [0.15, 0.2) is 12.5 Å². The van der Waals surface area contributed by atoms with Crippen molar-refractivity contribution in [2.75, 3.05) is 13.2 Å². The van der Waals surface area contributed by atoms with Crippen molar-refractivity contribution < 1.29 is 36.5 Å². The molecule has 8 nitrogen and oxygen atoms in total. The summed E-state index contributed by atoms with van der Waals surface area (Å²) in [5, 5.41) is 2.03. The maximum absolute atomic E-state index is 11.9. The number of carbonyl (C=O) groups excluding carboxylic acids is 1. The Kier molecular flexibility index (Phi) is 21.3. The van der Waals surface area contributed by atoms with Gasteiger partial charge in [-0.15, -0.1) is 0 Å². The van der Waals surface area contributed by atoms with Crippen LogP contribution >= 0.6 is 11.3 Å². The number of unbranched alkanes of at least 4 members (excludes halogenated alkanes) is 14. The van der Waals surface area contributed by atoms with E-state index in [2.05, 4.69) is 11.5 Å². The van der Waals surface area contributed by atoms with Crippen molar-refractivity contribution in [2.24, 2.45) is 0 Å². The van der Waals surface area contributed by atoms with E-state index in [4.69, 9.17) is 14.2 Å². The van der Waals surface area contributed by atoms with Gasteiger partial charge >= 0.3 is 5.97 Å². The van der Waals surface area contributed by atoms with Gasteiger partial charge in [0, 0.05) is 6.42 Å². The molecular formula is C35H57NO7S2. The zero-order valence-electron chi connectivity index (χ0n) is 27.7. The number of aryl methyl sites for hydroxylation is 2. The van der Waals surface area contributed by atoms with Crippen LogP contribution in [0.1, 0.15) is 128 Å². The molecule has 0 bridgehead atoms. The lowest BCUT2D eigenvalue weighted by Gasteiger charge is -2.12. The second-order valence-corrected chi connectivity index (χ2v) is 14.2. The molecule has 45 heavy (non-hydrogen) atoms. The Hall–Kier alpha value is -1.85. The van der Waals surface area contributed by atoms with Gasteiger partial charge in [0.25, 0.3) is 0 Å². The highest BCUT2D eigenvalue weighted by atomic mass is 32.2. The van der Waals surface area contributed by atoms with Crippen LogP contribution < -0.4 is 4.57 Å². The molecule has 2 aromatic rings. The molecule has 0 aliphatic carbocycles. The van der Waals surface area contributed by atoms with Gasteiger partial charge in [-0.2, -0.15) is 4.57 Å². The monoisotopic (exact) mass is 667 g/mol. The minimum Gasteiger partial charge on any atom is -0.744 e. The highest BCUT2D eigenvalue weighted by Gasteiger charge is 2.26. The van der Waals surface area contributed by atoms with Crippen LogP contribution in [0.25, 0.3) is 0 Å². The molecule has 1 aromatic carbocycles. The standard InChI is InChI=1S/C28H50NO4S.C7H8O3S/c1-2-3-4-5-6-7-8-9-10-11-12-13-14-15-16-19-28-32-24-26(33-28)23-31-27(30)18-17-20-29-21-22-34-25-29;1-6-2-4-7(5-3-6)11(8,9)10/h21-22,25-26,28H,2-20,23-24H2,1H3;2-5H,1H3,(H,8,9,10)/q+1;/p-1/t26-,28-;/m1./s1. The number of thiazole rings is 1. The number of nitrogens with zero attached hydrogens (tertiary/aromatic N) is 1. The minimum absolute atomic E-state index is 0.114. The van der Waals surface area contributed by atoms with E-state index in [1.165, 1.54) is 102 Å². The molecule has 2 heterocycles. The van der Waals surface area contributed by atoms with Gasteiger partial charge in [-0.3, -0.25) is 4.79 Å². The summed E-state index contributed by atoms with van der Waals surface area (Å²) in [6, 6.07) is 5.78. The van der Waals surface area contributed by atoms with Crippen LogP contribution in [0.4, 0.5) is 0 Å². The summed E-state index contributed by atoms with van der Waals surface area (Å²) >= 11 is 1.66. The number of carbonyl (C=O) groups is 1. The van der Waals surface area contributed by atoms with Crippen LogP contribution in [-0.2, 0) is 35.7 Å². The summed E-state index contributed by atoms with van der Waals surface area (Å²) in [7, 11) is -4.27. The first-order valence-corrected chi connectivity index (χ1v) is 19.5. The molecule has 0 radical (unpaired) electrons. The second-order valence-electron chi connectivity index (χ2n) is 12.1. The lowest BCUT2D eigenvalue weighted by atomic mass is 10.0. The molecule has 0 spiro atoms. The summed E-state index contributed by atoms with van der Waals surface area (Å²) in [5.74, 6) is -0.148. The smallest absolute Gasteiger partial charge is 0.306 e. The summed E-state index contributed by atoms with van der Waals surface area (Å²) in [5.41, 5.74) is 2.98. The zero-order chi connectivity index (χ0) is 32.6. The first-order chi connectivity index (χ1) is 21.8. The SMILES string of the molecule is CCCCCCCCCCCCCCCCC[C@@H]1OC[C@@H](COC(=O)CCC[n+]2ccsc2)O1.Cc1ccc(S(=O)(=O)[O-])cc1. The first kappa shape index (κ1) is 39.3. The van der Waals surface area contributed by atoms with Gasteiger partial charge in [0.1, 0.15) is 29.4 Å². The number of ether oxygens (including phenoxy) is 3. The third kappa shape index (κ3) is 20.1. The molecule has 0 saturated carbocycles. The predicted octanol–water partition coefficient (Wildman–Crippen LogP) is 8.26. The highest BCUT2D eigenvalue weighted by molar-refractivity contribution is 7.85. The number of benzene rings is 1. The lowest BCUT2D eigenvalue weighted by Crippen LogP contribution is -2.30. The van der Waals surface area contributed by atoms with E-state index in [9.17, 15) is 17.8 Å². The molecule has 256 valence electrons. The summed E-state index contributed by atoms with van der Waals surface area (Å²) in [4.78, 5) is 11.7. The van der Waals surface area contributed by atoms with Crippen molar-refractivity contribution in [3.8, 4) is 0 Å². The van der Waals surface area contributed by atoms with Crippen molar-refractivity contribution >= 4 is 27.4 Å². The van der Waals surface area contributed by atoms with Crippen LogP contribution in [0.5, 0.6) is 0 Å². The Balaban J connectivity index is 0.000000537. The van der Waals surface area contributed by atoms with Gasteiger partial charge in [0.05, 0.1) is 23.3 Å². The highest BCUT2D eigenvalue weighted by Crippen LogP contribution is 2.19. The topological polar surface area (TPSA) is 106 Å². The molecule has 0 amide bonds. The molecule has 1 saturated heterocycles. The average Bonchev–Trinajstić information content (AvgIpc) is 3.71. The van der Waals surface area contributed by atoms with E-state index in [1.807, 2.05) is 24.0 Å². The van der Waals surface area contributed by atoms with Crippen LogP contribution in [0.2, 0.25) is 0 Å². The van der Waals surface area contributed by atoms with E-state index in [0.29, 0.717) is 19.6 Å². The molecule has 3 rings (SSSR count). The van der Waals surface area contributed by atoms with Gasteiger partial charge in [-0.05, 0) is 31.9 Å². The van der Waals surface area contributed by atoms with Gasteiger partial charge in [-0.1, -0.05) is 126 Å². The number of hydrogen-bond acceptors (Lipinski definition) is 8. The van der Waals surface area contributed by atoms with Crippen molar-refractivity contribution in [3.05, 3.63) is 46.9 Å². The summed E-state index contributed by atoms with van der Waals surface area (Å²) in [6.07, 6.45) is 24.6. The van der Waals surface area contributed by atoms with Crippen LogP contribution in [0, 0.1) is 6.92 Å². The Morgan fingerprint density at radius 1 is 0.911 bits per heavy atom. The molecular weight excluding hydrogens is 611 g/mol. The maximum Gasteiger partial charge on any atom is 0.306 e. The maximum atomic E-state index is 11.9. The van der Waals surface area contributed by atoms with Crippen LogP contribution in [0.15, 0.2) is 46.2 Å². The molecule has 1 fully saturated rings. The van der Waals surface area contributed by atoms with E-state index < -0.39 is 10.1 Å². The van der Waals surface area contributed by atoms with Crippen LogP contribution in [0.3, 0.4) is 0 Å². The summed E-state index contributed by atoms with van der Waals surface area (Å²) < 4.78 is 50.3. The average molecular weight is 668 g/mol. The molecule has 1 aromatic heterocycles.